The van der Waals surface area contributed by atoms with E-state index in [0.29, 0.717) is 5.92 Å². The Morgan fingerprint density at radius 2 is 2.10 bits per heavy atom. The van der Waals surface area contributed by atoms with Gasteiger partial charge in [-0.05, 0) is 49.8 Å². The van der Waals surface area contributed by atoms with Crippen molar-refractivity contribution in [1.29, 1.82) is 0 Å². The lowest BCUT2D eigenvalue weighted by molar-refractivity contribution is 0.730. The van der Waals surface area contributed by atoms with Crippen LogP contribution in [0.2, 0.25) is 5.02 Å². The second-order valence-corrected chi connectivity index (χ2v) is 6.45. The molecule has 0 saturated heterocycles. The van der Waals surface area contributed by atoms with Crippen molar-refractivity contribution in [2.75, 3.05) is 11.9 Å². The number of nitrogens with zero attached hydrogens (tertiary/aromatic N) is 2. The highest BCUT2D eigenvalue weighted by molar-refractivity contribution is 6.31. The summed E-state index contributed by atoms with van der Waals surface area (Å²) in [5.41, 5.74) is 4.73. The number of benzene rings is 1. The van der Waals surface area contributed by atoms with Crippen molar-refractivity contribution in [1.82, 2.24) is 9.78 Å². The number of anilines is 1. The van der Waals surface area contributed by atoms with Crippen molar-refractivity contribution < 1.29 is 0 Å². The molecule has 1 aliphatic rings. The fraction of sp³-hybridized carbons (Fsp3) is 0.471. The molecule has 2 aromatic rings. The minimum Gasteiger partial charge on any atom is -0.370 e. The van der Waals surface area contributed by atoms with Crippen LogP contribution >= 0.6 is 11.6 Å². The Balaban J connectivity index is 2.21. The van der Waals surface area contributed by atoms with E-state index in [2.05, 4.69) is 36.8 Å². The molecule has 112 valence electrons. The zero-order valence-corrected chi connectivity index (χ0v) is 13.7. The maximum Gasteiger partial charge on any atom is 0.133 e. The summed E-state index contributed by atoms with van der Waals surface area (Å²) >= 11 is 6.29. The lowest BCUT2D eigenvalue weighted by Crippen LogP contribution is -2.08. The molecule has 0 atom stereocenters. The van der Waals surface area contributed by atoms with Crippen molar-refractivity contribution in [3.8, 4) is 5.69 Å². The molecule has 3 nitrogen and oxygen atoms in total. The number of rotatable bonds is 2. The zero-order chi connectivity index (χ0) is 15.0. The minimum absolute atomic E-state index is 0.430. The number of fused-ring (bicyclic) bond motifs is 1. The van der Waals surface area contributed by atoms with Crippen LogP contribution in [0.4, 0.5) is 5.82 Å². The van der Waals surface area contributed by atoms with Gasteiger partial charge in [0.1, 0.15) is 5.82 Å². The standard InChI is InChI=1S/C17H22ClN3/c1-11(2)16-13-7-4-5-10-19-17(13)21(20-16)15-9-6-8-14(18)12(15)3/h6,8-9,11,19H,4-5,7,10H2,1-3H3. The lowest BCUT2D eigenvalue weighted by Gasteiger charge is -2.12. The molecule has 0 bridgehead atoms. The van der Waals surface area contributed by atoms with E-state index >= 15 is 0 Å². The van der Waals surface area contributed by atoms with Crippen LogP contribution in [0.5, 0.6) is 0 Å². The van der Waals surface area contributed by atoms with Crippen LogP contribution in [0.3, 0.4) is 0 Å². The number of hydrogen-bond donors (Lipinski definition) is 1. The summed E-state index contributed by atoms with van der Waals surface area (Å²) in [4.78, 5) is 0. The van der Waals surface area contributed by atoms with Crippen molar-refractivity contribution in [2.45, 2.75) is 46.0 Å². The maximum absolute atomic E-state index is 6.29. The summed E-state index contributed by atoms with van der Waals surface area (Å²) in [7, 11) is 0. The molecule has 0 radical (unpaired) electrons. The normalized spacial score (nSPS) is 14.7. The van der Waals surface area contributed by atoms with Crippen LogP contribution in [0.25, 0.3) is 5.69 Å². The number of hydrogen-bond acceptors (Lipinski definition) is 2. The third-order valence-corrected chi connectivity index (χ3v) is 4.58. The van der Waals surface area contributed by atoms with Crippen LogP contribution in [0.1, 0.15) is 49.4 Å². The predicted octanol–water partition coefficient (Wildman–Crippen LogP) is 4.71. The van der Waals surface area contributed by atoms with Crippen molar-refractivity contribution in [2.24, 2.45) is 0 Å². The van der Waals surface area contributed by atoms with Gasteiger partial charge in [0.05, 0.1) is 11.4 Å². The fourth-order valence-electron chi connectivity index (χ4n) is 2.99. The smallest absolute Gasteiger partial charge is 0.133 e. The van der Waals surface area contributed by atoms with Gasteiger partial charge in [-0.1, -0.05) is 31.5 Å². The monoisotopic (exact) mass is 303 g/mol. The Morgan fingerprint density at radius 3 is 2.86 bits per heavy atom. The fourth-order valence-corrected chi connectivity index (χ4v) is 3.16. The van der Waals surface area contributed by atoms with Gasteiger partial charge in [0.25, 0.3) is 0 Å². The average Bonchev–Trinajstić information content (AvgIpc) is 2.65. The number of halogens is 1. The highest BCUT2D eigenvalue weighted by Gasteiger charge is 2.22. The Bertz CT molecular complexity index is 658. The molecule has 2 heterocycles. The van der Waals surface area contributed by atoms with Gasteiger partial charge in [-0.3, -0.25) is 0 Å². The molecule has 0 aliphatic carbocycles. The van der Waals surface area contributed by atoms with E-state index in [-0.39, 0.29) is 0 Å². The first kappa shape index (κ1) is 14.5. The summed E-state index contributed by atoms with van der Waals surface area (Å²) in [6.45, 7) is 7.48. The Hall–Kier alpha value is -1.48. The summed E-state index contributed by atoms with van der Waals surface area (Å²) < 4.78 is 2.05. The van der Waals surface area contributed by atoms with Gasteiger partial charge in [-0.25, -0.2) is 4.68 Å². The molecule has 1 aromatic heterocycles. The zero-order valence-electron chi connectivity index (χ0n) is 12.9. The topological polar surface area (TPSA) is 29.9 Å². The van der Waals surface area contributed by atoms with Gasteiger partial charge in [0, 0.05) is 17.1 Å². The molecule has 1 aromatic carbocycles. The predicted molar refractivity (Wildman–Crippen MR) is 88.8 cm³/mol. The van der Waals surface area contributed by atoms with Gasteiger partial charge in [-0.2, -0.15) is 5.10 Å². The minimum atomic E-state index is 0.430. The Kier molecular flexibility index (Phi) is 3.94. The van der Waals surface area contributed by atoms with E-state index in [4.69, 9.17) is 16.7 Å². The second-order valence-electron chi connectivity index (χ2n) is 6.05. The molecular weight excluding hydrogens is 282 g/mol. The maximum atomic E-state index is 6.29. The third kappa shape index (κ3) is 2.55. The summed E-state index contributed by atoms with van der Waals surface area (Å²) in [5, 5.41) is 9.26. The van der Waals surface area contributed by atoms with Crippen LogP contribution in [-0.2, 0) is 6.42 Å². The van der Waals surface area contributed by atoms with Crippen LogP contribution in [-0.4, -0.2) is 16.3 Å². The van der Waals surface area contributed by atoms with Crippen molar-refractivity contribution >= 4 is 17.4 Å². The number of nitrogens with one attached hydrogen (secondary N) is 1. The first-order chi connectivity index (χ1) is 10.1. The Morgan fingerprint density at radius 1 is 1.29 bits per heavy atom. The molecule has 3 rings (SSSR count). The molecule has 0 fully saturated rings. The lowest BCUT2D eigenvalue weighted by atomic mass is 10.0. The van der Waals surface area contributed by atoms with E-state index in [9.17, 15) is 0 Å². The number of aromatic nitrogens is 2. The van der Waals surface area contributed by atoms with Crippen molar-refractivity contribution in [3.05, 3.63) is 40.0 Å². The van der Waals surface area contributed by atoms with Crippen LogP contribution < -0.4 is 5.32 Å². The van der Waals surface area contributed by atoms with E-state index in [1.54, 1.807) is 0 Å². The molecule has 1 N–H and O–H groups in total. The summed E-state index contributed by atoms with van der Waals surface area (Å²) in [6, 6.07) is 6.01. The molecule has 0 amide bonds. The molecule has 1 aliphatic heterocycles. The van der Waals surface area contributed by atoms with E-state index in [0.717, 1.165) is 35.1 Å². The quantitative estimate of drug-likeness (QED) is 0.871. The molecule has 21 heavy (non-hydrogen) atoms. The van der Waals surface area contributed by atoms with Crippen LogP contribution in [0.15, 0.2) is 18.2 Å². The molecule has 0 unspecified atom stereocenters. The van der Waals surface area contributed by atoms with Gasteiger partial charge >= 0.3 is 0 Å². The van der Waals surface area contributed by atoms with Gasteiger partial charge < -0.3 is 5.32 Å². The Labute approximate surface area is 131 Å². The molecule has 4 heteroatoms. The molecule has 0 saturated carbocycles. The third-order valence-electron chi connectivity index (χ3n) is 4.17. The van der Waals surface area contributed by atoms with E-state index < -0.39 is 0 Å². The van der Waals surface area contributed by atoms with Gasteiger partial charge in [-0.15, -0.1) is 0 Å². The largest absolute Gasteiger partial charge is 0.370 e. The average molecular weight is 304 g/mol. The first-order valence-corrected chi connectivity index (χ1v) is 8.08. The molecule has 0 spiro atoms. The van der Waals surface area contributed by atoms with Gasteiger partial charge in [0.15, 0.2) is 0 Å². The van der Waals surface area contributed by atoms with E-state index in [1.165, 1.54) is 24.1 Å². The second kappa shape index (κ2) is 5.72. The summed E-state index contributed by atoms with van der Waals surface area (Å²) in [5.74, 6) is 1.58. The highest BCUT2D eigenvalue weighted by Crippen LogP contribution is 2.33. The highest BCUT2D eigenvalue weighted by atomic mass is 35.5. The SMILES string of the molecule is Cc1c(Cl)cccc1-n1nc(C(C)C)c2c1NCCCC2. The molecular formula is C17H22ClN3. The van der Waals surface area contributed by atoms with E-state index in [1.807, 2.05) is 12.1 Å². The summed E-state index contributed by atoms with van der Waals surface area (Å²) in [6.07, 6.45) is 3.54. The first-order valence-electron chi connectivity index (χ1n) is 7.70. The van der Waals surface area contributed by atoms with Gasteiger partial charge in [0.2, 0.25) is 0 Å². The van der Waals surface area contributed by atoms with Crippen LogP contribution in [0, 0.1) is 6.92 Å². The van der Waals surface area contributed by atoms with Crippen molar-refractivity contribution in [3.63, 3.8) is 0 Å².